The standard InChI is InChI=1S/C18H20N4O2/c1-3-13-7-9-14(10-8-13)19-16(23)12-22-11-5-6-15(22)18-21-20-17(4-2)24-18/h5-11H,3-4,12H2,1-2H3,(H,19,23). The first kappa shape index (κ1) is 16.0. The summed E-state index contributed by atoms with van der Waals surface area (Å²) in [5.74, 6) is 0.905. The highest BCUT2D eigenvalue weighted by Crippen LogP contribution is 2.19. The summed E-state index contributed by atoms with van der Waals surface area (Å²) < 4.78 is 7.36. The number of nitrogens with zero attached hydrogens (tertiary/aromatic N) is 3. The Morgan fingerprint density at radius 3 is 2.58 bits per heavy atom. The highest BCUT2D eigenvalue weighted by atomic mass is 16.4. The van der Waals surface area contributed by atoms with Gasteiger partial charge in [-0.1, -0.05) is 26.0 Å². The molecule has 0 bridgehead atoms. The zero-order valence-corrected chi connectivity index (χ0v) is 13.8. The molecule has 0 fully saturated rings. The summed E-state index contributed by atoms with van der Waals surface area (Å²) in [6.45, 7) is 4.23. The van der Waals surface area contributed by atoms with Gasteiger partial charge >= 0.3 is 0 Å². The molecule has 0 aliphatic heterocycles. The van der Waals surface area contributed by atoms with E-state index in [4.69, 9.17) is 4.42 Å². The van der Waals surface area contributed by atoms with Crippen LogP contribution in [0.5, 0.6) is 0 Å². The minimum Gasteiger partial charge on any atom is -0.419 e. The number of anilines is 1. The predicted molar refractivity (Wildman–Crippen MR) is 91.6 cm³/mol. The van der Waals surface area contributed by atoms with Crippen molar-refractivity contribution < 1.29 is 9.21 Å². The SMILES string of the molecule is CCc1ccc(NC(=O)Cn2cccc2-c2nnc(CC)o2)cc1. The largest absolute Gasteiger partial charge is 0.419 e. The van der Waals surface area contributed by atoms with Crippen LogP contribution in [0.3, 0.4) is 0 Å². The Labute approximate surface area is 140 Å². The van der Waals surface area contributed by atoms with Crippen molar-refractivity contribution in [2.45, 2.75) is 33.2 Å². The fourth-order valence-electron chi connectivity index (χ4n) is 2.43. The molecule has 3 rings (SSSR count). The van der Waals surface area contributed by atoms with Gasteiger partial charge in [0.1, 0.15) is 12.2 Å². The van der Waals surface area contributed by atoms with E-state index in [9.17, 15) is 4.79 Å². The summed E-state index contributed by atoms with van der Waals surface area (Å²) in [5.41, 5.74) is 2.76. The van der Waals surface area contributed by atoms with Crippen LogP contribution in [0.25, 0.3) is 11.6 Å². The van der Waals surface area contributed by atoms with Crippen molar-refractivity contribution in [1.29, 1.82) is 0 Å². The smallest absolute Gasteiger partial charge is 0.264 e. The average Bonchev–Trinajstić information content (AvgIpc) is 3.24. The Hall–Kier alpha value is -2.89. The maximum absolute atomic E-state index is 12.3. The molecule has 1 aromatic carbocycles. The van der Waals surface area contributed by atoms with Crippen molar-refractivity contribution in [3.05, 3.63) is 54.0 Å². The lowest BCUT2D eigenvalue weighted by Gasteiger charge is -2.08. The van der Waals surface area contributed by atoms with Crippen molar-refractivity contribution in [3.8, 4) is 11.6 Å². The van der Waals surface area contributed by atoms with Crippen molar-refractivity contribution in [3.63, 3.8) is 0 Å². The molecule has 0 saturated heterocycles. The van der Waals surface area contributed by atoms with Gasteiger partial charge in [-0.05, 0) is 36.2 Å². The molecule has 0 saturated carbocycles. The summed E-state index contributed by atoms with van der Waals surface area (Å²) in [5, 5.41) is 10.9. The van der Waals surface area contributed by atoms with E-state index < -0.39 is 0 Å². The number of hydrogen-bond donors (Lipinski definition) is 1. The highest BCUT2D eigenvalue weighted by molar-refractivity contribution is 5.90. The van der Waals surface area contributed by atoms with Crippen LogP contribution in [-0.2, 0) is 24.2 Å². The summed E-state index contributed by atoms with van der Waals surface area (Å²) in [6, 6.07) is 11.6. The van der Waals surface area contributed by atoms with Crippen LogP contribution < -0.4 is 5.32 Å². The summed E-state index contributed by atoms with van der Waals surface area (Å²) >= 11 is 0. The third-order valence-corrected chi connectivity index (χ3v) is 3.78. The Morgan fingerprint density at radius 1 is 1.12 bits per heavy atom. The van der Waals surface area contributed by atoms with E-state index in [-0.39, 0.29) is 12.5 Å². The Balaban J connectivity index is 1.69. The normalized spacial score (nSPS) is 10.8. The van der Waals surface area contributed by atoms with Crippen LogP contribution in [0.1, 0.15) is 25.3 Å². The predicted octanol–water partition coefficient (Wildman–Crippen LogP) is 3.30. The summed E-state index contributed by atoms with van der Waals surface area (Å²) in [7, 11) is 0. The molecule has 24 heavy (non-hydrogen) atoms. The molecule has 0 unspecified atom stereocenters. The Bertz CT molecular complexity index is 818. The second kappa shape index (κ2) is 7.12. The highest BCUT2D eigenvalue weighted by Gasteiger charge is 2.13. The van der Waals surface area contributed by atoms with Gasteiger partial charge in [0, 0.05) is 18.3 Å². The molecule has 1 amide bonds. The van der Waals surface area contributed by atoms with Gasteiger partial charge < -0.3 is 14.3 Å². The lowest BCUT2D eigenvalue weighted by molar-refractivity contribution is -0.116. The molecule has 0 radical (unpaired) electrons. The van der Waals surface area contributed by atoms with E-state index in [0.717, 1.165) is 17.8 Å². The van der Waals surface area contributed by atoms with Gasteiger partial charge in [0.25, 0.3) is 5.89 Å². The number of amides is 1. The number of carbonyl (C=O) groups excluding carboxylic acids is 1. The molecule has 1 N–H and O–H groups in total. The first-order valence-corrected chi connectivity index (χ1v) is 8.06. The average molecular weight is 324 g/mol. The molecular formula is C18H20N4O2. The van der Waals surface area contributed by atoms with Gasteiger partial charge in [-0.3, -0.25) is 4.79 Å². The molecule has 2 aromatic heterocycles. The van der Waals surface area contributed by atoms with Gasteiger partial charge in [0.05, 0.1) is 0 Å². The van der Waals surface area contributed by atoms with E-state index >= 15 is 0 Å². The fourth-order valence-corrected chi connectivity index (χ4v) is 2.43. The minimum atomic E-state index is -0.105. The second-order valence-corrected chi connectivity index (χ2v) is 5.47. The lowest BCUT2D eigenvalue weighted by atomic mass is 10.1. The van der Waals surface area contributed by atoms with Gasteiger partial charge in [-0.15, -0.1) is 10.2 Å². The number of rotatable bonds is 6. The van der Waals surface area contributed by atoms with E-state index in [1.165, 1.54) is 5.56 Å². The number of carbonyl (C=O) groups is 1. The molecule has 124 valence electrons. The maximum Gasteiger partial charge on any atom is 0.264 e. The Morgan fingerprint density at radius 2 is 1.92 bits per heavy atom. The molecule has 3 aromatic rings. The van der Waals surface area contributed by atoms with E-state index in [2.05, 4.69) is 22.4 Å². The molecule has 2 heterocycles. The fraction of sp³-hybridized carbons (Fsp3) is 0.278. The summed E-state index contributed by atoms with van der Waals surface area (Å²) in [6.07, 6.45) is 3.48. The van der Waals surface area contributed by atoms with Gasteiger partial charge in [0.2, 0.25) is 11.8 Å². The van der Waals surface area contributed by atoms with Crippen molar-refractivity contribution >= 4 is 11.6 Å². The van der Waals surface area contributed by atoms with E-state index in [1.54, 1.807) is 4.57 Å². The molecule has 0 aliphatic rings. The molecule has 6 nitrogen and oxygen atoms in total. The van der Waals surface area contributed by atoms with Crippen molar-refractivity contribution in [1.82, 2.24) is 14.8 Å². The number of aryl methyl sites for hydroxylation is 2. The zero-order valence-electron chi connectivity index (χ0n) is 13.8. The molecule has 6 heteroatoms. The molecule has 0 spiro atoms. The van der Waals surface area contributed by atoms with Gasteiger partial charge in [-0.2, -0.15) is 0 Å². The van der Waals surface area contributed by atoms with E-state index in [0.29, 0.717) is 18.2 Å². The molecular weight excluding hydrogens is 304 g/mol. The number of benzene rings is 1. The van der Waals surface area contributed by atoms with Crippen LogP contribution in [0.2, 0.25) is 0 Å². The quantitative estimate of drug-likeness (QED) is 0.755. The number of nitrogens with one attached hydrogen (secondary N) is 1. The van der Waals surface area contributed by atoms with Crippen LogP contribution >= 0.6 is 0 Å². The van der Waals surface area contributed by atoms with Gasteiger partial charge in [-0.25, -0.2) is 0 Å². The topological polar surface area (TPSA) is 73.0 Å². The third-order valence-electron chi connectivity index (χ3n) is 3.78. The third kappa shape index (κ3) is 3.53. The second-order valence-electron chi connectivity index (χ2n) is 5.47. The summed E-state index contributed by atoms with van der Waals surface area (Å²) in [4.78, 5) is 12.3. The van der Waals surface area contributed by atoms with Crippen LogP contribution in [0, 0.1) is 0 Å². The first-order chi connectivity index (χ1) is 11.7. The zero-order chi connectivity index (χ0) is 16.9. The Kier molecular flexibility index (Phi) is 4.74. The van der Waals surface area contributed by atoms with Crippen molar-refractivity contribution in [2.75, 3.05) is 5.32 Å². The molecule has 0 aliphatic carbocycles. The maximum atomic E-state index is 12.3. The van der Waals surface area contributed by atoms with Crippen molar-refractivity contribution in [2.24, 2.45) is 0 Å². The van der Waals surface area contributed by atoms with Crippen LogP contribution in [0.15, 0.2) is 47.0 Å². The number of aromatic nitrogens is 3. The number of hydrogen-bond acceptors (Lipinski definition) is 4. The molecule has 0 atom stereocenters. The minimum absolute atomic E-state index is 0.105. The van der Waals surface area contributed by atoms with Crippen LogP contribution in [0.4, 0.5) is 5.69 Å². The van der Waals surface area contributed by atoms with Crippen LogP contribution in [-0.4, -0.2) is 20.7 Å². The van der Waals surface area contributed by atoms with E-state index in [1.807, 2.05) is 49.5 Å². The first-order valence-electron chi connectivity index (χ1n) is 8.06. The monoisotopic (exact) mass is 324 g/mol. The van der Waals surface area contributed by atoms with Gasteiger partial charge in [0.15, 0.2) is 0 Å². The lowest BCUT2D eigenvalue weighted by Crippen LogP contribution is -2.18.